The molecule has 0 aromatic heterocycles. The predicted octanol–water partition coefficient (Wildman–Crippen LogP) is 3.09. The Labute approximate surface area is 181 Å². The second-order valence-electron chi connectivity index (χ2n) is 6.15. The van der Waals surface area contributed by atoms with Gasteiger partial charge in [0, 0.05) is 22.6 Å². The second-order valence-corrected chi connectivity index (χ2v) is 9.16. The molecule has 11 heteroatoms. The molecule has 0 spiro atoms. The maximum atomic E-state index is 12.9. The van der Waals surface area contributed by atoms with Crippen LogP contribution in [-0.4, -0.2) is 57.7 Å². The molecule has 0 aliphatic carbocycles. The number of sulfonamides is 1. The molecular weight excluding hydrogens is 488 g/mol. The van der Waals surface area contributed by atoms with Gasteiger partial charge in [-0.2, -0.15) is 0 Å². The Hall–Kier alpha value is -2.01. The first kappa shape index (κ1) is 21.7. The van der Waals surface area contributed by atoms with E-state index in [-0.39, 0.29) is 26.9 Å². The van der Waals surface area contributed by atoms with Crippen molar-refractivity contribution in [1.29, 1.82) is 0 Å². The number of amides is 1. The third-order valence-electron chi connectivity index (χ3n) is 4.26. The molecule has 0 atom stereocenters. The van der Waals surface area contributed by atoms with Crippen LogP contribution in [0.5, 0.6) is 11.5 Å². The Kier molecular flexibility index (Phi) is 6.57. The molecule has 1 heterocycles. The van der Waals surface area contributed by atoms with Crippen LogP contribution in [0, 0.1) is 0 Å². The number of morpholine rings is 1. The van der Waals surface area contributed by atoms with E-state index in [4.69, 9.17) is 21.1 Å². The second kappa shape index (κ2) is 8.78. The molecule has 0 radical (unpaired) electrons. The summed E-state index contributed by atoms with van der Waals surface area (Å²) in [5.41, 5.74) is -0.311. The molecule has 2 N–H and O–H groups in total. The van der Waals surface area contributed by atoms with E-state index in [2.05, 4.69) is 20.7 Å². The van der Waals surface area contributed by atoms with E-state index < -0.39 is 21.7 Å². The molecule has 1 aliphatic heterocycles. The average Bonchev–Trinajstić information content (AvgIpc) is 2.70. The largest absolute Gasteiger partial charge is 0.505 e. The number of anilines is 1. The number of ether oxygens (including phenoxy) is 2. The molecule has 156 valence electrons. The minimum atomic E-state index is -4.15. The van der Waals surface area contributed by atoms with Crippen molar-refractivity contribution in [2.75, 3.05) is 38.1 Å². The van der Waals surface area contributed by atoms with Crippen molar-refractivity contribution in [3.05, 3.63) is 45.4 Å². The van der Waals surface area contributed by atoms with Crippen molar-refractivity contribution >= 4 is 49.1 Å². The summed E-state index contributed by atoms with van der Waals surface area (Å²) in [6.07, 6.45) is 0. The van der Waals surface area contributed by atoms with Crippen LogP contribution in [0.4, 0.5) is 5.69 Å². The third kappa shape index (κ3) is 4.77. The first-order chi connectivity index (χ1) is 13.7. The molecule has 8 nitrogen and oxygen atoms in total. The van der Waals surface area contributed by atoms with E-state index in [9.17, 15) is 18.3 Å². The van der Waals surface area contributed by atoms with E-state index in [0.717, 1.165) is 0 Å². The van der Waals surface area contributed by atoms with Gasteiger partial charge in [0.25, 0.3) is 15.9 Å². The molecule has 1 saturated heterocycles. The van der Waals surface area contributed by atoms with Crippen LogP contribution in [0.15, 0.2) is 39.7 Å². The highest BCUT2D eigenvalue weighted by atomic mass is 79.9. The van der Waals surface area contributed by atoms with Crippen molar-refractivity contribution in [3.8, 4) is 11.5 Å². The monoisotopic (exact) mass is 504 g/mol. The number of carbonyl (C=O) groups is 1. The van der Waals surface area contributed by atoms with E-state index in [1.807, 2.05) is 0 Å². The highest BCUT2D eigenvalue weighted by Crippen LogP contribution is 2.36. The van der Waals surface area contributed by atoms with Gasteiger partial charge in [0.2, 0.25) is 0 Å². The molecule has 0 saturated carbocycles. The van der Waals surface area contributed by atoms with Crippen molar-refractivity contribution in [2.24, 2.45) is 0 Å². The number of halogens is 2. The summed E-state index contributed by atoms with van der Waals surface area (Å²) in [5.74, 6) is -0.857. The zero-order chi connectivity index (χ0) is 21.2. The normalized spacial score (nSPS) is 14.5. The topological polar surface area (TPSA) is 105 Å². The predicted molar refractivity (Wildman–Crippen MR) is 111 cm³/mol. The Morgan fingerprint density at radius 1 is 1.28 bits per heavy atom. The summed E-state index contributed by atoms with van der Waals surface area (Å²) in [7, 11) is -2.81. The van der Waals surface area contributed by atoms with Gasteiger partial charge < -0.3 is 19.5 Å². The minimum Gasteiger partial charge on any atom is -0.505 e. The quantitative estimate of drug-likeness (QED) is 0.605. The Morgan fingerprint density at radius 3 is 2.62 bits per heavy atom. The van der Waals surface area contributed by atoms with Gasteiger partial charge in [0.1, 0.15) is 10.6 Å². The number of phenolic OH excluding ortho intramolecular Hbond substituents is 1. The fraction of sp³-hybridized carbons (Fsp3) is 0.278. The van der Waals surface area contributed by atoms with E-state index in [1.54, 1.807) is 6.07 Å². The van der Waals surface area contributed by atoms with Gasteiger partial charge in [-0.05, 0) is 30.3 Å². The van der Waals surface area contributed by atoms with E-state index in [0.29, 0.717) is 30.8 Å². The van der Waals surface area contributed by atoms with Crippen LogP contribution in [0.3, 0.4) is 0 Å². The number of carbonyl (C=O) groups excluding carboxylic acids is 1. The van der Waals surface area contributed by atoms with Crippen LogP contribution in [-0.2, 0) is 14.8 Å². The fourth-order valence-electron chi connectivity index (χ4n) is 2.84. The summed E-state index contributed by atoms with van der Waals surface area (Å²) >= 11 is 9.32. The standard InChI is InChI=1S/C18H18BrClN2O6S/c1-27-15-3-2-11(19)8-16(15)29(25,26)21-14-10-12(20)9-13(17(14)23)18(24)22-4-6-28-7-5-22/h2-3,8-10,21,23H,4-7H2,1H3. The van der Waals surface area contributed by atoms with Gasteiger partial charge >= 0.3 is 0 Å². The van der Waals surface area contributed by atoms with Gasteiger partial charge in [-0.25, -0.2) is 8.42 Å². The summed E-state index contributed by atoms with van der Waals surface area (Å²) in [4.78, 5) is 14.1. The zero-order valence-electron chi connectivity index (χ0n) is 15.3. The Morgan fingerprint density at radius 2 is 1.97 bits per heavy atom. The van der Waals surface area contributed by atoms with Gasteiger partial charge in [0.05, 0.1) is 31.6 Å². The van der Waals surface area contributed by atoms with Crippen LogP contribution >= 0.6 is 27.5 Å². The first-order valence-corrected chi connectivity index (χ1v) is 11.1. The highest BCUT2D eigenvalue weighted by Gasteiger charge is 2.26. The lowest BCUT2D eigenvalue weighted by Gasteiger charge is -2.27. The summed E-state index contributed by atoms with van der Waals surface area (Å²) in [6.45, 7) is 1.49. The molecule has 2 aromatic rings. The number of aromatic hydroxyl groups is 1. The molecule has 29 heavy (non-hydrogen) atoms. The van der Waals surface area contributed by atoms with Gasteiger partial charge in [-0.15, -0.1) is 0 Å². The lowest BCUT2D eigenvalue weighted by atomic mass is 10.1. The lowest BCUT2D eigenvalue weighted by molar-refractivity contribution is 0.0301. The van der Waals surface area contributed by atoms with E-state index in [1.165, 1.54) is 36.3 Å². The van der Waals surface area contributed by atoms with Gasteiger partial charge in [0.15, 0.2) is 5.75 Å². The number of nitrogens with zero attached hydrogens (tertiary/aromatic N) is 1. The van der Waals surface area contributed by atoms with E-state index >= 15 is 0 Å². The molecule has 3 rings (SSSR count). The molecule has 0 bridgehead atoms. The van der Waals surface area contributed by atoms with Gasteiger partial charge in [-0.1, -0.05) is 27.5 Å². The number of hydrogen-bond acceptors (Lipinski definition) is 6. The summed E-state index contributed by atoms with van der Waals surface area (Å²) in [6, 6.07) is 7.02. The van der Waals surface area contributed by atoms with Crippen molar-refractivity contribution in [2.45, 2.75) is 4.90 Å². The number of rotatable bonds is 5. The lowest BCUT2D eigenvalue weighted by Crippen LogP contribution is -2.40. The maximum absolute atomic E-state index is 12.9. The van der Waals surface area contributed by atoms with Crippen molar-refractivity contribution < 1.29 is 27.8 Å². The first-order valence-electron chi connectivity index (χ1n) is 8.49. The number of phenols is 1. The Bertz CT molecular complexity index is 1040. The molecule has 1 amide bonds. The average molecular weight is 506 g/mol. The van der Waals surface area contributed by atoms with Crippen LogP contribution in [0.25, 0.3) is 0 Å². The third-order valence-corrected chi connectivity index (χ3v) is 6.36. The maximum Gasteiger partial charge on any atom is 0.265 e. The number of nitrogens with one attached hydrogen (secondary N) is 1. The summed E-state index contributed by atoms with van der Waals surface area (Å²) in [5, 5.41) is 10.7. The fourth-order valence-corrected chi connectivity index (χ4v) is 4.82. The van der Waals surface area contributed by atoms with Crippen molar-refractivity contribution in [3.63, 3.8) is 0 Å². The molecule has 2 aromatic carbocycles. The number of methoxy groups -OCH3 is 1. The van der Waals surface area contributed by atoms with Crippen molar-refractivity contribution in [1.82, 2.24) is 4.90 Å². The van der Waals surface area contributed by atoms with Gasteiger partial charge in [-0.3, -0.25) is 9.52 Å². The van der Waals surface area contributed by atoms with Crippen LogP contribution in [0.2, 0.25) is 5.02 Å². The molecule has 0 unspecified atom stereocenters. The molecule has 1 fully saturated rings. The SMILES string of the molecule is COc1ccc(Br)cc1S(=O)(=O)Nc1cc(Cl)cc(C(=O)N2CCOCC2)c1O. The minimum absolute atomic E-state index is 0.0957. The molecule has 1 aliphatic rings. The van der Waals surface area contributed by atoms with Crippen LogP contribution in [0.1, 0.15) is 10.4 Å². The smallest absolute Gasteiger partial charge is 0.265 e. The highest BCUT2D eigenvalue weighted by molar-refractivity contribution is 9.10. The molecular formula is C18H18BrClN2O6S. The Balaban J connectivity index is 1.98. The number of hydrogen-bond donors (Lipinski definition) is 2. The van der Waals surface area contributed by atoms with Crippen LogP contribution < -0.4 is 9.46 Å². The summed E-state index contributed by atoms with van der Waals surface area (Å²) < 4.78 is 39.0. The number of benzene rings is 2. The zero-order valence-corrected chi connectivity index (χ0v) is 18.5.